The molecule has 1 aromatic heterocycles. The van der Waals surface area contributed by atoms with Crippen LogP contribution < -0.4 is 0 Å². The fraction of sp³-hybridized carbons (Fsp3) is 0.400. The van der Waals surface area contributed by atoms with Crippen molar-refractivity contribution in [2.45, 2.75) is 25.7 Å². The van der Waals surface area contributed by atoms with Crippen LogP contribution in [0.4, 0.5) is 0 Å². The highest BCUT2D eigenvalue weighted by molar-refractivity contribution is 5.10. The van der Waals surface area contributed by atoms with E-state index in [1.54, 1.807) is 0 Å². The molecule has 0 aliphatic heterocycles. The molecule has 59 valence electrons. The topological polar surface area (TPSA) is 12.9 Å². The summed E-state index contributed by atoms with van der Waals surface area (Å²) in [6.45, 7) is 6.20. The van der Waals surface area contributed by atoms with Gasteiger partial charge in [0.05, 0.1) is 0 Å². The molecule has 1 nitrogen and oxygen atoms in total. The van der Waals surface area contributed by atoms with E-state index in [-0.39, 0.29) is 0 Å². The first-order chi connectivity index (χ1) is 5.34. The fourth-order valence-corrected chi connectivity index (χ4v) is 1.11. The van der Waals surface area contributed by atoms with Crippen molar-refractivity contribution in [2.75, 3.05) is 0 Å². The van der Waals surface area contributed by atoms with Gasteiger partial charge in [0.1, 0.15) is 0 Å². The van der Waals surface area contributed by atoms with E-state index in [1.807, 2.05) is 24.4 Å². The molecular formula is C10H14N. The van der Waals surface area contributed by atoms with Gasteiger partial charge >= 0.3 is 0 Å². The van der Waals surface area contributed by atoms with Crippen LogP contribution in [0.1, 0.15) is 31.4 Å². The number of hydrogen-bond acceptors (Lipinski definition) is 1. The summed E-state index contributed by atoms with van der Waals surface area (Å²) in [5.74, 6) is 0.362. The molecule has 1 atom stereocenters. The molecule has 0 fully saturated rings. The largest absolute Gasteiger partial charge is 0.261 e. The first-order valence-electron chi connectivity index (χ1n) is 4.08. The maximum absolute atomic E-state index is 4.23. The maximum atomic E-state index is 4.23. The molecule has 0 amide bonds. The van der Waals surface area contributed by atoms with Crippen LogP contribution in [0, 0.1) is 6.92 Å². The Bertz CT molecular complexity index is 193. The monoisotopic (exact) mass is 148 g/mol. The number of hydrogen-bond donors (Lipinski definition) is 0. The summed E-state index contributed by atoms with van der Waals surface area (Å²) in [5, 5.41) is 0. The van der Waals surface area contributed by atoms with Gasteiger partial charge in [0.2, 0.25) is 0 Å². The van der Waals surface area contributed by atoms with Crippen molar-refractivity contribution >= 4 is 0 Å². The van der Waals surface area contributed by atoms with Gasteiger partial charge in [-0.15, -0.1) is 0 Å². The van der Waals surface area contributed by atoms with Gasteiger partial charge in [-0.05, 0) is 25.5 Å². The van der Waals surface area contributed by atoms with E-state index >= 15 is 0 Å². The third-order valence-corrected chi connectivity index (χ3v) is 1.74. The van der Waals surface area contributed by atoms with E-state index in [4.69, 9.17) is 0 Å². The van der Waals surface area contributed by atoms with E-state index in [0.29, 0.717) is 5.92 Å². The maximum Gasteiger partial charge on any atom is 0.0434 e. The molecule has 0 saturated carbocycles. The van der Waals surface area contributed by atoms with E-state index < -0.39 is 0 Å². The summed E-state index contributed by atoms with van der Waals surface area (Å²) in [6.07, 6.45) is 4.12. The Hall–Kier alpha value is -0.850. The molecular weight excluding hydrogens is 134 g/mol. The van der Waals surface area contributed by atoms with Crippen LogP contribution >= 0.6 is 0 Å². The first kappa shape index (κ1) is 8.25. The zero-order chi connectivity index (χ0) is 8.10. The Balaban J connectivity index is 2.61. The minimum Gasteiger partial charge on any atom is -0.261 e. The van der Waals surface area contributed by atoms with Crippen molar-refractivity contribution in [1.82, 2.24) is 4.98 Å². The van der Waals surface area contributed by atoms with Crippen molar-refractivity contribution in [2.24, 2.45) is 0 Å². The summed E-state index contributed by atoms with van der Waals surface area (Å²) < 4.78 is 0. The van der Waals surface area contributed by atoms with Gasteiger partial charge in [-0.25, -0.2) is 0 Å². The highest BCUT2D eigenvalue weighted by atomic mass is 14.7. The molecule has 0 saturated heterocycles. The lowest BCUT2D eigenvalue weighted by Gasteiger charge is -2.07. The molecule has 0 N–H and O–H groups in total. The molecule has 1 rings (SSSR count). The first-order valence-corrected chi connectivity index (χ1v) is 4.08. The third-order valence-electron chi connectivity index (χ3n) is 1.74. The van der Waals surface area contributed by atoms with Crippen LogP contribution in [0.3, 0.4) is 0 Å². The SMILES string of the molecule is [CH2]C(CCC)c1ccccn1. The van der Waals surface area contributed by atoms with Crippen molar-refractivity contribution < 1.29 is 0 Å². The Kier molecular flexibility index (Phi) is 3.09. The van der Waals surface area contributed by atoms with E-state index in [2.05, 4.69) is 18.8 Å². The molecule has 1 unspecified atom stereocenters. The zero-order valence-corrected chi connectivity index (χ0v) is 6.96. The summed E-state index contributed by atoms with van der Waals surface area (Å²) in [6, 6.07) is 5.98. The Morgan fingerprint density at radius 3 is 2.91 bits per heavy atom. The molecule has 1 radical (unpaired) electrons. The number of nitrogens with zero attached hydrogens (tertiary/aromatic N) is 1. The van der Waals surface area contributed by atoms with Crippen molar-refractivity contribution in [1.29, 1.82) is 0 Å². The van der Waals surface area contributed by atoms with Gasteiger partial charge < -0.3 is 0 Å². The number of rotatable bonds is 3. The Labute approximate surface area is 68.5 Å². The highest BCUT2D eigenvalue weighted by Gasteiger charge is 2.03. The van der Waals surface area contributed by atoms with Gasteiger partial charge in [-0.2, -0.15) is 0 Å². The Morgan fingerprint density at radius 2 is 2.36 bits per heavy atom. The summed E-state index contributed by atoms with van der Waals surface area (Å²) >= 11 is 0. The van der Waals surface area contributed by atoms with Gasteiger partial charge in [-0.3, -0.25) is 4.98 Å². The minimum atomic E-state index is 0.362. The van der Waals surface area contributed by atoms with Crippen LogP contribution in [0.15, 0.2) is 24.4 Å². The van der Waals surface area contributed by atoms with E-state index in [9.17, 15) is 0 Å². The van der Waals surface area contributed by atoms with Crippen molar-refractivity contribution in [3.63, 3.8) is 0 Å². The van der Waals surface area contributed by atoms with Gasteiger partial charge in [-0.1, -0.05) is 19.4 Å². The quantitative estimate of drug-likeness (QED) is 0.642. The van der Waals surface area contributed by atoms with E-state index in [1.165, 1.54) is 6.42 Å². The average molecular weight is 148 g/mol. The molecule has 1 aromatic rings. The van der Waals surface area contributed by atoms with Crippen molar-refractivity contribution in [3.05, 3.63) is 37.0 Å². The highest BCUT2D eigenvalue weighted by Crippen LogP contribution is 2.16. The van der Waals surface area contributed by atoms with Crippen LogP contribution in [0.25, 0.3) is 0 Å². The van der Waals surface area contributed by atoms with Gasteiger partial charge in [0, 0.05) is 17.8 Å². The van der Waals surface area contributed by atoms with E-state index in [0.717, 1.165) is 12.1 Å². The standard InChI is InChI=1S/C10H14N/c1-3-6-9(2)10-7-4-5-8-11-10/h4-5,7-9H,2-3,6H2,1H3. The normalized spacial score (nSPS) is 12.9. The Morgan fingerprint density at radius 1 is 1.55 bits per heavy atom. The summed E-state index contributed by atoms with van der Waals surface area (Å²) in [5.41, 5.74) is 1.11. The van der Waals surface area contributed by atoms with Crippen LogP contribution in [0.5, 0.6) is 0 Å². The van der Waals surface area contributed by atoms with Gasteiger partial charge in [0.15, 0.2) is 0 Å². The molecule has 0 aromatic carbocycles. The van der Waals surface area contributed by atoms with Crippen LogP contribution in [-0.2, 0) is 0 Å². The predicted molar refractivity (Wildman–Crippen MR) is 47.2 cm³/mol. The van der Waals surface area contributed by atoms with Crippen LogP contribution in [-0.4, -0.2) is 4.98 Å². The molecule has 0 spiro atoms. The second kappa shape index (κ2) is 4.12. The molecule has 0 aliphatic rings. The van der Waals surface area contributed by atoms with Crippen molar-refractivity contribution in [3.8, 4) is 0 Å². The number of pyridine rings is 1. The fourth-order valence-electron chi connectivity index (χ4n) is 1.11. The molecule has 1 heteroatoms. The second-order valence-corrected chi connectivity index (χ2v) is 2.74. The lowest BCUT2D eigenvalue weighted by atomic mass is 10.0. The molecule has 0 aliphatic carbocycles. The molecule has 0 bridgehead atoms. The summed E-state index contributed by atoms with van der Waals surface area (Å²) in [4.78, 5) is 4.23. The predicted octanol–water partition coefficient (Wildman–Crippen LogP) is 2.80. The lowest BCUT2D eigenvalue weighted by Crippen LogP contribution is -1.95. The average Bonchev–Trinajstić information content (AvgIpc) is 2.07. The van der Waals surface area contributed by atoms with Gasteiger partial charge in [0.25, 0.3) is 0 Å². The molecule has 1 heterocycles. The summed E-state index contributed by atoms with van der Waals surface area (Å²) in [7, 11) is 0. The minimum absolute atomic E-state index is 0.362. The second-order valence-electron chi connectivity index (χ2n) is 2.74. The lowest BCUT2D eigenvalue weighted by molar-refractivity contribution is 0.696. The zero-order valence-electron chi connectivity index (χ0n) is 6.96. The van der Waals surface area contributed by atoms with Crippen LogP contribution in [0.2, 0.25) is 0 Å². The smallest absolute Gasteiger partial charge is 0.0434 e. The molecule has 11 heavy (non-hydrogen) atoms. The number of aromatic nitrogens is 1. The third kappa shape index (κ3) is 2.34.